The molecule has 0 bridgehead atoms. The average molecular weight is 488 g/mol. The van der Waals surface area contributed by atoms with Crippen molar-refractivity contribution in [2.75, 3.05) is 5.32 Å². The Kier molecular flexibility index (Phi) is 7.62. The highest BCUT2D eigenvalue weighted by molar-refractivity contribution is 7.89. The summed E-state index contributed by atoms with van der Waals surface area (Å²) >= 11 is 1.21. The number of sulfonamides is 1. The van der Waals surface area contributed by atoms with Crippen LogP contribution in [-0.2, 0) is 19.6 Å². The Morgan fingerprint density at radius 3 is 2.24 bits per heavy atom. The first-order valence-electron chi connectivity index (χ1n) is 10.2. The molecule has 1 aromatic heterocycles. The molecule has 2 aromatic carbocycles. The number of thiazole rings is 1. The smallest absolute Gasteiger partial charge is 0.351 e. The maximum absolute atomic E-state index is 12.6. The summed E-state index contributed by atoms with van der Waals surface area (Å²) in [5, 5.41) is 3.31. The summed E-state index contributed by atoms with van der Waals surface area (Å²) in [5.74, 6) is -1.17. The first-order chi connectivity index (χ1) is 15.6. The van der Waals surface area contributed by atoms with Crippen LogP contribution >= 0.6 is 11.3 Å². The molecule has 3 aromatic rings. The molecule has 0 radical (unpaired) electrons. The Balaban J connectivity index is 1.63. The first kappa shape index (κ1) is 24.6. The molecule has 0 fully saturated rings. The normalized spacial score (nSPS) is 12.4. The van der Waals surface area contributed by atoms with Gasteiger partial charge in [-0.2, -0.15) is 0 Å². The molecule has 10 heteroatoms. The molecule has 174 valence electrons. The molecule has 0 aliphatic heterocycles. The molecule has 1 atom stereocenters. The summed E-state index contributed by atoms with van der Waals surface area (Å²) in [7, 11) is -3.63. The molecule has 1 unspecified atom stereocenters. The summed E-state index contributed by atoms with van der Waals surface area (Å²) in [4.78, 5) is 30.0. The van der Waals surface area contributed by atoms with Gasteiger partial charge in [-0.15, -0.1) is 11.3 Å². The minimum absolute atomic E-state index is 0.0866. The minimum atomic E-state index is -3.63. The lowest BCUT2D eigenvalue weighted by Crippen LogP contribution is -2.30. The van der Waals surface area contributed by atoms with E-state index in [0.717, 1.165) is 5.56 Å². The molecule has 2 N–H and O–H groups in total. The fourth-order valence-electron chi connectivity index (χ4n) is 2.90. The molecular weight excluding hydrogens is 462 g/mol. The van der Waals surface area contributed by atoms with Gasteiger partial charge >= 0.3 is 5.97 Å². The Bertz CT molecular complexity index is 1240. The number of hydrogen-bond donors (Lipinski definition) is 2. The van der Waals surface area contributed by atoms with E-state index in [1.165, 1.54) is 42.5 Å². The summed E-state index contributed by atoms with van der Waals surface area (Å²) in [6, 6.07) is 15.0. The quantitative estimate of drug-likeness (QED) is 0.465. The number of hydrogen-bond acceptors (Lipinski definition) is 7. The molecule has 1 heterocycles. The van der Waals surface area contributed by atoms with Crippen LogP contribution in [0.25, 0.3) is 10.6 Å². The SMILES string of the molecule is Cc1nc(-c2ccccc2)sc1C(=O)OC(C)C(=O)Nc1ccc(S(=O)(=O)NC(C)C)cc1. The van der Waals surface area contributed by atoms with E-state index in [1.54, 1.807) is 20.8 Å². The van der Waals surface area contributed by atoms with Gasteiger partial charge in [0.15, 0.2) is 6.10 Å². The number of aromatic nitrogens is 1. The maximum atomic E-state index is 12.6. The largest absolute Gasteiger partial charge is 0.448 e. The van der Waals surface area contributed by atoms with Gasteiger partial charge in [0.1, 0.15) is 9.88 Å². The van der Waals surface area contributed by atoms with Crippen LogP contribution in [0.15, 0.2) is 59.5 Å². The van der Waals surface area contributed by atoms with Crippen LogP contribution in [-0.4, -0.2) is 37.4 Å². The predicted molar refractivity (Wildman–Crippen MR) is 128 cm³/mol. The van der Waals surface area contributed by atoms with Gasteiger partial charge < -0.3 is 10.1 Å². The molecule has 3 rings (SSSR count). The highest BCUT2D eigenvalue weighted by Gasteiger charge is 2.23. The third-order valence-corrected chi connectivity index (χ3v) is 7.34. The van der Waals surface area contributed by atoms with Crippen molar-refractivity contribution in [1.29, 1.82) is 0 Å². The molecule has 0 aliphatic rings. The average Bonchev–Trinajstić information content (AvgIpc) is 3.15. The fraction of sp³-hybridized carbons (Fsp3) is 0.261. The van der Waals surface area contributed by atoms with Crippen molar-refractivity contribution in [3.63, 3.8) is 0 Å². The van der Waals surface area contributed by atoms with Gasteiger partial charge in [-0.05, 0) is 52.0 Å². The Hall–Kier alpha value is -3.08. The number of anilines is 1. The number of rotatable bonds is 8. The standard InChI is InChI=1S/C23H25N3O5S2/c1-14(2)26-33(29,30)19-12-10-18(11-13-19)25-21(27)16(4)31-23(28)20-15(3)24-22(32-20)17-8-6-5-7-9-17/h5-14,16,26H,1-4H3,(H,25,27). The second kappa shape index (κ2) is 10.2. The number of ether oxygens (including phenoxy) is 1. The van der Waals surface area contributed by atoms with Crippen molar-refractivity contribution in [3.8, 4) is 10.6 Å². The lowest BCUT2D eigenvalue weighted by molar-refractivity contribution is -0.123. The molecule has 0 spiro atoms. The van der Waals surface area contributed by atoms with Crippen molar-refractivity contribution in [1.82, 2.24) is 9.71 Å². The zero-order chi connectivity index (χ0) is 24.2. The van der Waals surface area contributed by atoms with Gasteiger partial charge in [0, 0.05) is 17.3 Å². The summed E-state index contributed by atoms with van der Waals surface area (Å²) in [5.41, 5.74) is 1.81. The number of nitrogens with one attached hydrogen (secondary N) is 2. The monoisotopic (exact) mass is 487 g/mol. The third kappa shape index (κ3) is 6.25. The summed E-state index contributed by atoms with van der Waals surface area (Å²) < 4.78 is 32.2. The fourth-order valence-corrected chi connectivity index (χ4v) is 5.10. The van der Waals surface area contributed by atoms with Gasteiger partial charge in [-0.25, -0.2) is 22.9 Å². The van der Waals surface area contributed by atoms with Crippen LogP contribution < -0.4 is 10.0 Å². The summed E-state index contributed by atoms with van der Waals surface area (Å²) in [6.45, 7) is 6.64. The van der Waals surface area contributed by atoms with Crippen LogP contribution in [0.5, 0.6) is 0 Å². The number of aryl methyl sites for hydroxylation is 1. The molecule has 33 heavy (non-hydrogen) atoms. The molecule has 1 amide bonds. The van der Waals surface area contributed by atoms with Crippen molar-refractivity contribution >= 4 is 38.9 Å². The number of esters is 1. The highest BCUT2D eigenvalue weighted by atomic mass is 32.2. The van der Waals surface area contributed by atoms with Crippen molar-refractivity contribution < 1.29 is 22.7 Å². The Labute approximate surface area is 197 Å². The molecule has 0 saturated carbocycles. The molecule has 0 aliphatic carbocycles. The number of carbonyl (C=O) groups is 2. The van der Waals surface area contributed by atoms with Crippen molar-refractivity contribution in [3.05, 3.63) is 65.2 Å². The van der Waals surface area contributed by atoms with E-state index in [2.05, 4.69) is 15.0 Å². The summed E-state index contributed by atoms with van der Waals surface area (Å²) in [6.07, 6.45) is -1.06. The van der Waals surface area contributed by atoms with Crippen LogP contribution in [0.4, 0.5) is 5.69 Å². The third-order valence-electron chi connectivity index (χ3n) is 4.48. The van der Waals surface area contributed by atoms with E-state index in [0.29, 0.717) is 21.3 Å². The van der Waals surface area contributed by atoms with Crippen molar-refractivity contribution in [2.24, 2.45) is 0 Å². The van der Waals surface area contributed by atoms with Crippen molar-refractivity contribution in [2.45, 2.75) is 44.7 Å². The number of nitrogens with zero attached hydrogens (tertiary/aromatic N) is 1. The van der Waals surface area contributed by atoms with E-state index >= 15 is 0 Å². The van der Waals surface area contributed by atoms with Crippen LogP contribution in [0.3, 0.4) is 0 Å². The maximum Gasteiger partial charge on any atom is 0.351 e. The van der Waals surface area contributed by atoms with E-state index in [-0.39, 0.29) is 10.9 Å². The second-order valence-electron chi connectivity index (χ2n) is 7.64. The van der Waals surface area contributed by atoms with E-state index in [4.69, 9.17) is 4.74 Å². The first-order valence-corrected chi connectivity index (χ1v) is 12.5. The van der Waals surface area contributed by atoms with Gasteiger partial charge in [-0.3, -0.25) is 4.79 Å². The zero-order valence-electron chi connectivity index (χ0n) is 18.7. The number of amides is 1. The lowest BCUT2D eigenvalue weighted by Gasteiger charge is -2.14. The van der Waals surface area contributed by atoms with E-state index in [1.807, 2.05) is 30.3 Å². The second-order valence-corrected chi connectivity index (χ2v) is 10.3. The van der Waals surface area contributed by atoms with Gasteiger partial charge in [0.05, 0.1) is 10.6 Å². The highest BCUT2D eigenvalue weighted by Crippen LogP contribution is 2.28. The van der Waals surface area contributed by atoms with E-state index < -0.39 is 28.0 Å². The van der Waals surface area contributed by atoms with Gasteiger partial charge in [-0.1, -0.05) is 30.3 Å². The molecular formula is C23H25N3O5S2. The topological polar surface area (TPSA) is 114 Å². The lowest BCUT2D eigenvalue weighted by atomic mass is 10.2. The van der Waals surface area contributed by atoms with Gasteiger partial charge in [0.25, 0.3) is 5.91 Å². The minimum Gasteiger partial charge on any atom is -0.448 e. The Morgan fingerprint density at radius 1 is 1.00 bits per heavy atom. The van der Waals surface area contributed by atoms with Gasteiger partial charge in [0.2, 0.25) is 10.0 Å². The Morgan fingerprint density at radius 2 is 1.64 bits per heavy atom. The number of carbonyl (C=O) groups excluding carboxylic acids is 2. The van der Waals surface area contributed by atoms with Crippen LogP contribution in [0.2, 0.25) is 0 Å². The predicted octanol–water partition coefficient (Wildman–Crippen LogP) is 3.99. The van der Waals surface area contributed by atoms with Crippen LogP contribution in [0, 0.1) is 6.92 Å². The van der Waals surface area contributed by atoms with Crippen LogP contribution in [0.1, 0.15) is 36.1 Å². The molecule has 8 nitrogen and oxygen atoms in total. The molecule has 0 saturated heterocycles. The number of benzene rings is 2. The van der Waals surface area contributed by atoms with E-state index in [9.17, 15) is 18.0 Å². The zero-order valence-corrected chi connectivity index (χ0v) is 20.3.